The largest absolute Gasteiger partial charge is 0.454 e. The topological polar surface area (TPSA) is 56.2 Å². The number of aromatic nitrogens is 1. The van der Waals surface area contributed by atoms with Crippen LogP contribution in [0.4, 0.5) is 0 Å². The number of benzene rings is 1. The zero-order valence-corrected chi connectivity index (χ0v) is 19.1. The highest BCUT2D eigenvalue weighted by molar-refractivity contribution is 5.99. The molecule has 32 heavy (non-hydrogen) atoms. The third-order valence-corrected chi connectivity index (χ3v) is 6.96. The Morgan fingerprint density at radius 3 is 2.59 bits per heavy atom. The molecule has 1 aromatic heterocycles. The summed E-state index contributed by atoms with van der Waals surface area (Å²) in [6, 6.07) is 8.23. The minimum atomic E-state index is 0.223. The van der Waals surface area contributed by atoms with Crippen molar-refractivity contribution < 1.29 is 19.0 Å². The fourth-order valence-electron chi connectivity index (χ4n) is 5.05. The Bertz CT molecular complexity index is 972. The second-order valence-corrected chi connectivity index (χ2v) is 9.19. The molecule has 2 saturated heterocycles. The van der Waals surface area contributed by atoms with Crippen molar-refractivity contribution in [3.05, 3.63) is 46.8 Å². The minimum Gasteiger partial charge on any atom is -0.454 e. The molecule has 2 fully saturated rings. The number of hydrogen-bond donors (Lipinski definition) is 0. The van der Waals surface area contributed by atoms with Crippen LogP contribution in [0.5, 0.6) is 11.5 Å². The van der Waals surface area contributed by atoms with E-state index in [1.165, 1.54) is 5.56 Å². The monoisotopic (exact) mass is 439 g/mol. The summed E-state index contributed by atoms with van der Waals surface area (Å²) in [5.41, 5.74) is 4.32. The molecule has 0 spiro atoms. The van der Waals surface area contributed by atoms with Gasteiger partial charge in [0.1, 0.15) is 0 Å². The Morgan fingerprint density at radius 2 is 1.81 bits per heavy atom. The van der Waals surface area contributed by atoms with E-state index < -0.39 is 0 Å². The van der Waals surface area contributed by atoms with Crippen molar-refractivity contribution in [3.8, 4) is 11.5 Å². The van der Waals surface area contributed by atoms with Crippen molar-refractivity contribution >= 4 is 5.78 Å². The summed E-state index contributed by atoms with van der Waals surface area (Å²) >= 11 is 0. The molecular formula is C25H33N3O4. The van der Waals surface area contributed by atoms with Gasteiger partial charge in [-0.25, -0.2) is 0 Å². The summed E-state index contributed by atoms with van der Waals surface area (Å²) in [6.07, 6.45) is 2.52. The van der Waals surface area contributed by atoms with E-state index in [-0.39, 0.29) is 11.9 Å². The smallest absolute Gasteiger partial charge is 0.231 e. The number of fused-ring (bicyclic) bond motifs is 1. The van der Waals surface area contributed by atoms with Crippen LogP contribution in [0.1, 0.15) is 40.2 Å². The number of hydrogen-bond acceptors (Lipinski definition) is 6. The summed E-state index contributed by atoms with van der Waals surface area (Å²) in [5.74, 6) is 1.89. The van der Waals surface area contributed by atoms with Gasteiger partial charge < -0.3 is 18.8 Å². The number of piperazine rings is 1. The van der Waals surface area contributed by atoms with Gasteiger partial charge in [-0.2, -0.15) is 0 Å². The van der Waals surface area contributed by atoms with Crippen molar-refractivity contribution in [2.24, 2.45) is 0 Å². The highest BCUT2D eigenvalue weighted by atomic mass is 16.7. The molecule has 0 amide bonds. The Hall–Kier alpha value is -2.35. The first-order chi connectivity index (χ1) is 15.6. The van der Waals surface area contributed by atoms with Crippen molar-refractivity contribution in [1.82, 2.24) is 14.4 Å². The molecule has 0 aliphatic carbocycles. The summed E-state index contributed by atoms with van der Waals surface area (Å²) in [6.45, 7) is 11.3. The Morgan fingerprint density at radius 1 is 1.03 bits per heavy atom. The van der Waals surface area contributed by atoms with Gasteiger partial charge in [0.25, 0.3) is 0 Å². The summed E-state index contributed by atoms with van der Waals surface area (Å²) in [5, 5.41) is 0. The number of ether oxygens (including phenoxy) is 3. The van der Waals surface area contributed by atoms with E-state index in [9.17, 15) is 4.79 Å². The maximum absolute atomic E-state index is 13.1. The predicted octanol–water partition coefficient (Wildman–Crippen LogP) is 3.01. The lowest BCUT2D eigenvalue weighted by Gasteiger charge is -2.34. The van der Waals surface area contributed by atoms with E-state index in [4.69, 9.17) is 14.2 Å². The number of Topliss-reactive ketones (excluding diaryl/α,β-unsaturated/α-hetero) is 1. The maximum Gasteiger partial charge on any atom is 0.231 e. The molecule has 0 bridgehead atoms. The van der Waals surface area contributed by atoms with Gasteiger partial charge in [-0.1, -0.05) is 6.07 Å². The Kier molecular flexibility index (Phi) is 6.22. The fourth-order valence-corrected chi connectivity index (χ4v) is 5.05. The van der Waals surface area contributed by atoms with Crippen LogP contribution in [-0.4, -0.2) is 72.4 Å². The first-order valence-corrected chi connectivity index (χ1v) is 11.7. The van der Waals surface area contributed by atoms with Crippen LogP contribution in [0.3, 0.4) is 0 Å². The fraction of sp³-hybridized carbons (Fsp3) is 0.560. The average Bonchev–Trinajstić information content (AvgIpc) is 3.53. The van der Waals surface area contributed by atoms with Crippen LogP contribution in [-0.2, 0) is 17.8 Å². The first-order valence-electron chi connectivity index (χ1n) is 11.7. The second kappa shape index (κ2) is 9.25. The van der Waals surface area contributed by atoms with Crippen LogP contribution in [0.15, 0.2) is 24.3 Å². The molecule has 0 unspecified atom stereocenters. The van der Waals surface area contributed by atoms with Crippen LogP contribution in [0.2, 0.25) is 0 Å². The van der Waals surface area contributed by atoms with Gasteiger partial charge in [-0.3, -0.25) is 14.6 Å². The molecule has 3 aliphatic rings. The van der Waals surface area contributed by atoms with Crippen molar-refractivity contribution in [1.29, 1.82) is 0 Å². The standard InChI is InChI=1S/C25H33N3O4/c1-18-12-22(19(2)28(18)15-21-4-3-11-30-21)23(29)16-27-9-7-26(8-10-27)14-20-5-6-24-25(13-20)32-17-31-24/h5-6,12-13,21H,3-4,7-11,14-17H2,1-2H3/t21-/m0/s1. The van der Waals surface area contributed by atoms with Crippen molar-refractivity contribution in [2.75, 3.05) is 46.1 Å². The van der Waals surface area contributed by atoms with E-state index in [2.05, 4.69) is 46.4 Å². The quantitative estimate of drug-likeness (QED) is 0.619. The first kappa shape index (κ1) is 21.5. The van der Waals surface area contributed by atoms with E-state index in [0.717, 1.165) is 87.2 Å². The lowest BCUT2D eigenvalue weighted by molar-refractivity contribution is 0.0840. The number of aryl methyl sites for hydroxylation is 1. The third-order valence-electron chi connectivity index (χ3n) is 6.96. The molecule has 1 aromatic carbocycles. The normalized spacial score (nSPS) is 21.4. The number of ketones is 1. The molecule has 172 valence electrons. The molecule has 4 heterocycles. The van der Waals surface area contributed by atoms with E-state index in [0.29, 0.717) is 13.3 Å². The highest BCUT2D eigenvalue weighted by Crippen LogP contribution is 2.33. The lowest BCUT2D eigenvalue weighted by atomic mass is 10.1. The van der Waals surface area contributed by atoms with E-state index >= 15 is 0 Å². The molecule has 2 aromatic rings. The van der Waals surface area contributed by atoms with Gasteiger partial charge in [-0.05, 0) is 50.5 Å². The van der Waals surface area contributed by atoms with Crippen LogP contribution >= 0.6 is 0 Å². The summed E-state index contributed by atoms with van der Waals surface area (Å²) in [4.78, 5) is 17.8. The van der Waals surface area contributed by atoms with E-state index in [1.54, 1.807) is 0 Å². The molecule has 1 atom stereocenters. The van der Waals surface area contributed by atoms with Gasteiger partial charge in [0.05, 0.1) is 12.6 Å². The van der Waals surface area contributed by atoms with Crippen molar-refractivity contribution in [2.45, 2.75) is 45.9 Å². The van der Waals surface area contributed by atoms with Gasteiger partial charge in [0.2, 0.25) is 6.79 Å². The number of rotatable bonds is 7. The molecule has 0 N–H and O–H groups in total. The van der Waals surface area contributed by atoms with Crippen molar-refractivity contribution in [3.63, 3.8) is 0 Å². The summed E-state index contributed by atoms with van der Waals surface area (Å²) in [7, 11) is 0. The van der Waals surface area contributed by atoms with Crippen LogP contribution in [0, 0.1) is 13.8 Å². The highest BCUT2D eigenvalue weighted by Gasteiger charge is 2.24. The predicted molar refractivity (Wildman–Crippen MR) is 121 cm³/mol. The lowest BCUT2D eigenvalue weighted by Crippen LogP contribution is -2.47. The molecule has 5 rings (SSSR count). The number of nitrogens with zero attached hydrogens (tertiary/aromatic N) is 3. The molecular weight excluding hydrogens is 406 g/mol. The SMILES string of the molecule is Cc1cc(C(=O)CN2CCN(Cc3ccc4c(c3)OCO4)CC2)c(C)n1C[C@@H]1CCCO1. The van der Waals surface area contributed by atoms with Gasteiger partial charge >= 0.3 is 0 Å². The Balaban J connectivity index is 1.14. The zero-order chi connectivity index (χ0) is 22.1. The second-order valence-electron chi connectivity index (χ2n) is 9.19. The zero-order valence-electron chi connectivity index (χ0n) is 19.1. The molecule has 0 radical (unpaired) electrons. The van der Waals surface area contributed by atoms with Gasteiger partial charge in [0.15, 0.2) is 17.3 Å². The maximum atomic E-state index is 13.1. The van der Waals surface area contributed by atoms with Crippen LogP contribution in [0.25, 0.3) is 0 Å². The molecule has 3 aliphatic heterocycles. The molecule has 7 heteroatoms. The Labute approximate surface area is 189 Å². The van der Waals surface area contributed by atoms with Gasteiger partial charge in [0, 0.05) is 62.8 Å². The van der Waals surface area contributed by atoms with Crippen LogP contribution < -0.4 is 9.47 Å². The molecule has 7 nitrogen and oxygen atoms in total. The summed E-state index contributed by atoms with van der Waals surface area (Å²) < 4.78 is 18.9. The van der Waals surface area contributed by atoms with Gasteiger partial charge in [-0.15, -0.1) is 0 Å². The minimum absolute atomic E-state index is 0.223. The third kappa shape index (κ3) is 4.56. The number of carbonyl (C=O) groups is 1. The number of carbonyl (C=O) groups excluding carboxylic acids is 1. The average molecular weight is 440 g/mol. The molecule has 0 saturated carbocycles. The van der Waals surface area contributed by atoms with E-state index in [1.807, 2.05) is 6.07 Å².